The maximum absolute atomic E-state index is 12.9. The van der Waals surface area contributed by atoms with Gasteiger partial charge >= 0.3 is 0 Å². The standard InChI is InChI=1S/C17H15FN6O3S/c1-10(15(26)19-20-16(27)11-2-4-12(18)5-3-11)28-17-21-22-23-24(17)13-6-8-14(25)9-7-13/h2-10,25H,1H3,(H,19,26)(H,20,27)/t10-/m0/s1. The molecule has 0 fully saturated rings. The van der Waals surface area contributed by atoms with Crippen LogP contribution in [0.25, 0.3) is 5.69 Å². The van der Waals surface area contributed by atoms with E-state index in [-0.39, 0.29) is 11.3 Å². The smallest absolute Gasteiger partial charge is 0.269 e. The maximum Gasteiger partial charge on any atom is 0.269 e. The molecule has 2 aromatic carbocycles. The third-order valence-corrected chi connectivity index (χ3v) is 4.63. The number of tetrazole rings is 1. The molecule has 3 aromatic rings. The second-order valence-corrected chi connectivity index (χ2v) is 6.91. The number of rotatable bonds is 5. The molecule has 3 N–H and O–H groups in total. The molecule has 0 saturated carbocycles. The molecule has 0 unspecified atom stereocenters. The topological polar surface area (TPSA) is 122 Å². The zero-order chi connectivity index (χ0) is 20.1. The van der Waals surface area contributed by atoms with Crippen LogP contribution in [-0.4, -0.2) is 42.4 Å². The Hall–Kier alpha value is -3.47. The minimum absolute atomic E-state index is 0.107. The van der Waals surface area contributed by atoms with Crippen molar-refractivity contribution in [2.24, 2.45) is 0 Å². The van der Waals surface area contributed by atoms with Crippen LogP contribution in [0.3, 0.4) is 0 Å². The van der Waals surface area contributed by atoms with E-state index in [1.54, 1.807) is 19.1 Å². The highest BCUT2D eigenvalue weighted by Crippen LogP contribution is 2.23. The third kappa shape index (κ3) is 4.62. The van der Waals surface area contributed by atoms with Crippen molar-refractivity contribution >= 4 is 23.6 Å². The number of aromatic hydroxyl groups is 1. The van der Waals surface area contributed by atoms with Crippen LogP contribution in [0, 0.1) is 5.82 Å². The molecule has 0 aliphatic carbocycles. The molecule has 28 heavy (non-hydrogen) atoms. The number of halogens is 1. The SMILES string of the molecule is C[C@H](Sc1nnnn1-c1ccc(O)cc1)C(=O)NNC(=O)c1ccc(F)cc1. The number of benzene rings is 2. The summed E-state index contributed by atoms with van der Waals surface area (Å²) in [6.45, 7) is 1.62. The van der Waals surface area contributed by atoms with Gasteiger partial charge in [0.15, 0.2) is 0 Å². The molecule has 0 aliphatic rings. The summed E-state index contributed by atoms with van der Waals surface area (Å²) in [5.74, 6) is -1.40. The summed E-state index contributed by atoms with van der Waals surface area (Å²) in [7, 11) is 0. The van der Waals surface area contributed by atoms with E-state index in [2.05, 4.69) is 26.4 Å². The number of thioether (sulfide) groups is 1. The Kier molecular flexibility index (Phi) is 5.84. The van der Waals surface area contributed by atoms with Crippen LogP contribution in [0.1, 0.15) is 17.3 Å². The van der Waals surface area contributed by atoms with E-state index >= 15 is 0 Å². The Morgan fingerprint density at radius 1 is 1.11 bits per heavy atom. The van der Waals surface area contributed by atoms with Gasteiger partial charge in [0.25, 0.3) is 11.8 Å². The lowest BCUT2D eigenvalue weighted by molar-refractivity contribution is -0.121. The number of nitrogens with zero attached hydrogens (tertiary/aromatic N) is 4. The molecule has 0 spiro atoms. The van der Waals surface area contributed by atoms with Gasteiger partial charge in [0.1, 0.15) is 11.6 Å². The number of hydrogen-bond acceptors (Lipinski definition) is 7. The van der Waals surface area contributed by atoms with Crippen LogP contribution in [0.15, 0.2) is 53.7 Å². The quantitative estimate of drug-likeness (QED) is 0.436. The first-order valence-corrected chi connectivity index (χ1v) is 8.92. The van der Waals surface area contributed by atoms with Crippen LogP contribution in [0.4, 0.5) is 4.39 Å². The third-order valence-electron chi connectivity index (χ3n) is 3.59. The van der Waals surface area contributed by atoms with Gasteiger partial charge in [0.05, 0.1) is 10.9 Å². The number of phenolic OH excluding ortho intramolecular Hbond substituents is 1. The minimum Gasteiger partial charge on any atom is -0.508 e. The summed E-state index contributed by atoms with van der Waals surface area (Å²) < 4.78 is 14.3. The van der Waals surface area contributed by atoms with Crippen molar-refractivity contribution in [1.82, 2.24) is 31.1 Å². The zero-order valence-electron chi connectivity index (χ0n) is 14.5. The molecule has 0 saturated heterocycles. The highest BCUT2D eigenvalue weighted by atomic mass is 32.2. The second-order valence-electron chi connectivity index (χ2n) is 5.60. The van der Waals surface area contributed by atoms with E-state index in [1.807, 2.05) is 0 Å². The van der Waals surface area contributed by atoms with Gasteiger partial charge in [-0.25, -0.2) is 4.39 Å². The number of hydrazine groups is 1. The van der Waals surface area contributed by atoms with Gasteiger partial charge in [-0.1, -0.05) is 11.8 Å². The maximum atomic E-state index is 12.9. The summed E-state index contributed by atoms with van der Waals surface area (Å²) in [4.78, 5) is 24.2. The highest BCUT2D eigenvalue weighted by molar-refractivity contribution is 8.00. The van der Waals surface area contributed by atoms with Crippen molar-refractivity contribution < 1.29 is 19.1 Å². The van der Waals surface area contributed by atoms with Crippen LogP contribution >= 0.6 is 11.8 Å². The lowest BCUT2D eigenvalue weighted by Crippen LogP contribution is -2.45. The molecule has 2 amide bonds. The predicted octanol–water partition coefficient (Wildman–Crippen LogP) is 1.45. The van der Waals surface area contributed by atoms with Gasteiger partial charge in [-0.2, -0.15) is 4.68 Å². The Bertz CT molecular complexity index is 977. The van der Waals surface area contributed by atoms with Crippen molar-refractivity contribution in [1.29, 1.82) is 0 Å². The number of aromatic nitrogens is 4. The molecule has 0 aliphatic heterocycles. The largest absolute Gasteiger partial charge is 0.508 e. The lowest BCUT2D eigenvalue weighted by Gasteiger charge is -2.12. The Balaban J connectivity index is 1.59. The van der Waals surface area contributed by atoms with Gasteiger partial charge in [-0.05, 0) is 65.9 Å². The van der Waals surface area contributed by atoms with E-state index < -0.39 is 22.9 Å². The molecule has 1 aromatic heterocycles. The fourth-order valence-electron chi connectivity index (χ4n) is 2.11. The molecular formula is C17H15FN6O3S. The Labute approximate surface area is 162 Å². The fourth-order valence-corrected chi connectivity index (χ4v) is 2.92. The van der Waals surface area contributed by atoms with E-state index in [4.69, 9.17) is 0 Å². The minimum atomic E-state index is -0.629. The van der Waals surface area contributed by atoms with Crippen LogP contribution in [0.2, 0.25) is 0 Å². The second kappa shape index (κ2) is 8.48. The molecule has 11 heteroatoms. The number of hydrogen-bond donors (Lipinski definition) is 3. The summed E-state index contributed by atoms with van der Waals surface area (Å²) in [5.41, 5.74) is 5.40. The van der Waals surface area contributed by atoms with Gasteiger partial charge < -0.3 is 5.11 Å². The highest BCUT2D eigenvalue weighted by Gasteiger charge is 2.20. The van der Waals surface area contributed by atoms with Crippen LogP contribution in [0.5, 0.6) is 5.75 Å². The van der Waals surface area contributed by atoms with Crippen molar-refractivity contribution in [3.8, 4) is 11.4 Å². The molecule has 3 rings (SSSR count). The number of carbonyl (C=O) groups excluding carboxylic acids is 2. The van der Waals surface area contributed by atoms with Gasteiger partial charge in [-0.15, -0.1) is 5.10 Å². The number of nitrogens with one attached hydrogen (secondary N) is 2. The molecule has 0 bridgehead atoms. The van der Waals surface area contributed by atoms with E-state index in [1.165, 1.54) is 28.9 Å². The Morgan fingerprint density at radius 3 is 2.46 bits per heavy atom. The summed E-state index contributed by atoms with van der Waals surface area (Å²) in [6.07, 6.45) is 0. The van der Waals surface area contributed by atoms with Crippen molar-refractivity contribution in [3.05, 3.63) is 59.9 Å². The van der Waals surface area contributed by atoms with Gasteiger partial charge in [0, 0.05) is 5.56 Å². The number of carbonyl (C=O) groups is 2. The first-order valence-electron chi connectivity index (χ1n) is 8.04. The van der Waals surface area contributed by atoms with E-state index in [9.17, 15) is 19.1 Å². The van der Waals surface area contributed by atoms with Crippen molar-refractivity contribution in [3.63, 3.8) is 0 Å². The fraction of sp³-hybridized carbons (Fsp3) is 0.118. The average molecular weight is 402 g/mol. The average Bonchev–Trinajstić information content (AvgIpc) is 3.15. The van der Waals surface area contributed by atoms with E-state index in [0.29, 0.717) is 10.8 Å². The van der Waals surface area contributed by atoms with Gasteiger partial charge in [0.2, 0.25) is 5.16 Å². The summed E-state index contributed by atoms with van der Waals surface area (Å²) >= 11 is 1.08. The lowest BCUT2D eigenvalue weighted by atomic mass is 10.2. The van der Waals surface area contributed by atoms with Crippen molar-refractivity contribution in [2.45, 2.75) is 17.3 Å². The van der Waals surface area contributed by atoms with Crippen molar-refractivity contribution in [2.75, 3.05) is 0 Å². The molecule has 0 radical (unpaired) electrons. The molecule has 144 valence electrons. The molecule has 9 nitrogen and oxygen atoms in total. The Morgan fingerprint density at radius 2 is 1.79 bits per heavy atom. The van der Waals surface area contributed by atoms with Gasteiger partial charge in [-0.3, -0.25) is 20.4 Å². The first-order chi connectivity index (χ1) is 13.4. The normalized spacial score (nSPS) is 11.6. The zero-order valence-corrected chi connectivity index (χ0v) is 15.4. The molecule has 1 atom stereocenters. The molecular weight excluding hydrogens is 387 g/mol. The number of phenols is 1. The number of amides is 2. The predicted molar refractivity (Wildman–Crippen MR) is 98.1 cm³/mol. The van der Waals surface area contributed by atoms with E-state index in [0.717, 1.165) is 23.9 Å². The monoisotopic (exact) mass is 402 g/mol. The summed E-state index contributed by atoms with van der Waals surface area (Å²) in [5, 5.41) is 20.5. The first kappa shape index (κ1) is 19.3. The summed E-state index contributed by atoms with van der Waals surface area (Å²) in [6, 6.07) is 11.2. The van der Waals surface area contributed by atoms with Crippen LogP contribution in [-0.2, 0) is 4.79 Å². The molecule has 1 heterocycles. The van der Waals surface area contributed by atoms with Crippen LogP contribution < -0.4 is 10.9 Å².